The van der Waals surface area contributed by atoms with Gasteiger partial charge >= 0.3 is 5.97 Å². The van der Waals surface area contributed by atoms with Gasteiger partial charge in [-0.3, -0.25) is 4.90 Å². The Morgan fingerprint density at radius 3 is 1.80 bits per heavy atom. The number of esters is 1. The molecule has 20 heavy (non-hydrogen) atoms. The highest BCUT2D eigenvalue weighted by molar-refractivity contribution is 5.83. The van der Waals surface area contributed by atoms with Crippen LogP contribution < -0.4 is 4.90 Å². The van der Waals surface area contributed by atoms with E-state index in [9.17, 15) is 4.79 Å². The zero-order valence-corrected chi connectivity index (χ0v) is 11.0. The van der Waals surface area contributed by atoms with E-state index in [0.29, 0.717) is 0 Å². The first-order chi connectivity index (χ1) is 9.72. The Morgan fingerprint density at radius 1 is 0.950 bits per heavy atom. The number of benzene rings is 2. The summed E-state index contributed by atoms with van der Waals surface area (Å²) in [5, 5.41) is 0. The molecule has 0 N–H and O–H groups in total. The normalized spacial score (nSPS) is 9.60. The first-order valence-electron chi connectivity index (χ1n) is 6.16. The molecule has 3 nitrogen and oxygen atoms in total. The van der Waals surface area contributed by atoms with Gasteiger partial charge in [-0.15, -0.1) is 0 Å². The molecule has 0 atom stereocenters. The number of hydrogen-bond acceptors (Lipinski definition) is 3. The van der Waals surface area contributed by atoms with Crippen molar-refractivity contribution in [1.29, 1.82) is 0 Å². The third kappa shape index (κ3) is 3.14. The minimum atomic E-state index is -0.535. The van der Waals surface area contributed by atoms with Crippen LogP contribution in [-0.2, 0) is 9.53 Å². The van der Waals surface area contributed by atoms with Crippen LogP contribution in [0.3, 0.4) is 0 Å². The molecule has 0 saturated carbocycles. The minimum Gasteiger partial charge on any atom is -0.406 e. The zero-order valence-electron chi connectivity index (χ0n) is 11.0. The molecule has 100 valence electrons. The summed E-state index contributed by atoms with van der Waals surface area (Å²) in [6.45, 7) is 7.22. The Hall–Kier alpha value is -2.81. The fourth-order valence-electron chi connectivity index (χ4n) is 1.79. The summed E-state index contributed by atoms with van der Waals surface area (Å²) >= 11 is 0. The molecule has 0 heterocycles. The van der Waals surface area contributed by atoms with Crippen molar-refractivity contribution in [2.24, 2.45) is 0 Å². The van der Waals surface area contributed by atoms with Crippen molar-refractivity contribution in [1.82, 2.24) is 0 Å². The number of rotatable bonds is 5. The number of ether oxygens (including phenoxy) is 1. The van der Waals surface area contributed by atoms with Crippen molar-refractivity contribution in [3.8, 4) is 0 Å². The van der Waals surface area contributed by atoms with E-state index in [2.05, 4.69) is 13.2 Å². The highest BCUT2D eigenvalue weighted by Crippen LogP contribution is 2.29. The van der Waals surface area contributed by atoms with E-state index in [1.165, 1.54) is 0 Å². The van der Waals surface area contributed by atoms with Crippen LogP contribution in [-0.4, -0.2) is 5.97 Å². The molecular formula is C17H15NO2. The average Bonchev–Trinajstić information content (AvgIpc) is 2.49. The van der Waals surface area contributed by atoms with Gasteiger partial charge < -0.3 is 4.74 Å². The molecule has 0 fully saturated rings. The number of anilines is 2. The molecule has 0 bridgehead atoms. The van der Waals surface area contributed by atoms with E-state index in [1.807, 2.05) is 60.7 Å². The molecule has 0 amide bonds. The van der Waals surface area contributed by atoms with E-state index >= 15 is 0 Å². The number of carbonyl (C=O) groups is 1. The van der Waals surface area contributed by atoms with Gasteiger partial charge in [-0.1, -0.05) is 43.0 Å². The second-order valence-electron chi connectivity index (χ2n) is 4.03. The van der Waals surface area contributed by atoms with Gasteiger partial charge in [0, 0.05) is 17.5 Å². The second-order valence-corrected chi connectivity index (χ2v) is 4.03. The Balaban J connectivity index is 2.37. The highest BCUT2D eigenvalue weighted by Gasteiger charge is 2.15. The summed E-state index contributed by atoms with van der Waals surface area (Å²) in [6.07, 6.45) is 1.11. The van der Waals surface area contributed by atoms with Crippen LogP contribution >= 0.6 is 0 Å². The molecule has 3 heteroatoms. The molecule has 0 aliphatic rings. The predicted molar refractivity (Wildman–Crippen MR) is 80.5 cm³/mol. The lowest BCUT2D eigenvalue weighted by molar-refractivity contribution is -0.133. The molecule has 0 unspecified atom stereocenters. The first kappa shape index (κ1) is 13.6. The fourth-order valence-corrected chi connectivity index (χ4v) is 1.79. The molecule has 2 rings (SSSR count). The molecular weight excluding hydrogens is 250 g/mol. The third-order valence-electron chi connectivity index (χ3n) is 2.66. The van der Waals surface area contributed by atoms with Gasteiger partial charge in [-0.25, -0.2) is 4.79 Å². The molecule has 0 saturated heterocycles. The molecule has 0 aromatic heterocycles. The Morgan fingerprint density at radius 2 is 1.40 bits per heavy atom. The Labute approximate surface area is 118 Å². The van der Waals surface area contributed by atoms with Gasteiger partial charge in [0.15, 0.2) is 0 Å². The van der Waals surface area contributed by atoms with Crippen molar-refractivity contribution in [3.63, 3.8) is 0 Å². The molecule has 0 radical (unpaired) electrons. The van der Waals surface area contributed by atoms with Crippen LogP contribution in [0.5, 0.6) is 0 Å². The first-order valence-corrected chi connectivity index (χ1v) is 6.16. The summed E-state index contributed by atoms with van der Waals surface area (Å²) in [7, 11) is 0. The Kier molecular flexibility index (Phi) is 4.35. The van der Waals surface area contributed by atoms with Gasteiger partial charge in [0.25, 0.3) is 0 Å². The molecule has 2 aromatic rings. The fraction of sp³-hybridized carbons (Fsp3) is 0. The number of carbonyl (C=O) groups excluding carboxylic acids is 1. The summed E-state index contributed by atoms with van der Waals surface area (Å²) < 4.78 is 5.14. The van der Waals surface area contributed by atoms with Gasteiger partial charge in [0.2, 0.25) is 5.88 Å². The highest BCUT2D eigenvalue weighted by atomic mass is 16.5. The van der Waals surface area contributed by atoms with E-state index in [1.54, 1.807) is 4.90 Å². The van der Waals surface area contributed by atoms with Crippen molar-refractivity contribution in [3.05, 3.63) is 85.8 Å². The lowest BCUT2D eigenvalue weighted by Gasteiger charge is -2.25. The van der Waals surface area contributed by atoms with Crippen LogP contribution in [0.4, 0.5) is 11.4 Å². The Bertz CT molecular complexity index is 566. The summed E-state index contributed by atoms with van der Waals surface area (Å²) in [5.41, 5.74) is 1.72. The maximum Gasteiger partial charge on any atom is 0.336 e. The lowest BCUT2D eigenvalue weighted by atomic mass is 10.2. The van der Waals surface area contributed by atoms with Crippen molar-refractivity contribution in [2.45, 2.75) is 0 Å². The number of para-hydroxylation sites is 2. The van der Waals surface area contributed by atoms with Gasteiger partial charge in [0.1, 0.15) is 0 Å². The van der Waals surface area contributed by atoms with E-state index < -0.39 is 5.97 Å². The summed E-state index contributed by atoms with van der Waals surface area (Å²) in [6, 6.07) is 19.2. The lowest BCUT2D eigenvalue weighted by Crippen LogP contribution is -2.19. The monoisotopic (exact) mass is 265 g/mol. The SMILES string of the molecule is C=CC(=O)OC(=C)N(c1ccccc1)c1ccccc1. The van der Waals surface area contributed by atoms with Gasteiger partial charge in [-0.2, -0.15) is 0 Å². The van der Waals surface area contributed by atoms with E-state index in [-0.39, 0.29) is 5.88 Å². The maximum atomic E-state index is 11.4. The van der Waals surface area contributed by atoms with Crippen LogP contribution in [0.1, 0.15) is 0 Å². The van der Waals surface area contributed by atoms with E-state index in [0.717, 1.165) is 17.5 Å². The summed E-state index contributed by atoms with van der Waals surface area (Å²) in [5.74, 6) is -0.306. The predicted octanol–water partition coefficient (Wildman–Crippen LogP) is 4.03. The van der Waals surface area contributed by atoms with Crippen LogP contribution in [0.2, 0.25) is 0 Å². The molecule has 0 aliphatic heterocycles. The average molecular weight is 265 g/mol. The molecule has 0 aliphatic carbocycles. The molecule has 2 aromatic carbocycles. The standard InChI is InChI=1S/C17H15NO2/c1-3-17(19)20-14(2)18(15-10-6-4-7-11-15)16-12-8-5-9-13-16/h3-13H,1-2H2. The maximum absolute atomic E-state index is 11.4. The molecule has 0 spiro atoms. The van der Waals surface area contributed by atoms with Crippen LogP contribution in [0.25, 0.3) is 0 Å². The quantitative estimate of drug-likeness (QED) is 0.464. The van der Waals surface area contributed by atoms with Crippen molar-refractivity contribution < 1.29 is 9.53 Å². The van der Waals surface area contributed by atoms with E-state index in [4.69, 9.17) is 4.74 Å². The van der Waals surface area contributed by atoms with Gasteiger partial charge in [0.05, 0.1) is 0 Å². The van der Waals surface area contributed by atoms with Crippen molar-refractivity contribution >= 4 is 17.3 Å². The van der Waals surface area contributed by atoms with Crippen LogP contribution in [0.15, 0.2) is 85.8 Å². The topological polar surface area (TPSA) is 29.5 Å². The summed E-state index contributed by atoms with van der Waals surface area (Å²) in [4.78, 5) is 13.1. The second kappa shape index (κ2) is 6.38. The largest absolute Gasteiger partial charge is 0.406 e. The number of nitrogens with zero attached hydrogens (tertiary/aromatic N) is 1. The smallest absolute Gasteiger partial charge is 0.336 e. The van der Waals surface area contributed by atoms with Gasteiger partial charge in [-0.05, 0) is 30.8 Å². The minimum absolute atomic E-state index is 0.229. The zero-order chi connectivity index (χ0) is 14.4. The van der Waals surface area contributed by atoms with Crippen molar-refractivity contribution in [2.75, 3.05) is 4.90 Å². The van der Waals surface area contributed by atoms with Crippen LogP contribution in [0, 0.1) is 0 Å². The number of hydrogen-bond donors (Lipinski definition) is 0. The third-order valence-corrected chi connectivity index (χ3v) is 2.66.